The van der Waals surface area contributed by atoms with Crippen LogP contribution in [0.1, 0.15) is 47.5 Å². The number of carbonyl (C=O) groups is 1. The van der Waals surface area contributed by atoms with Crippen LogP contribution in [0.3, 0.4) is 0 Å². The molecular weight excluding hydrogens is 318 g/mol. The number of hydrogen-bond acceptors (Lipinski definition) is 4. The number of thioether (sulfide) groups is 1. The topological polar surface area (TPSA) is 54.9 Å². The van der Waals surface area contributed by atoms with Crippen molar-refractivity contribution in [2.45, 2.75) is 51.7 Å². The van der Waals surface area contributed by atoms with Crippen LogP contribution in [0.15, 0.2) is 29.4 Å². The third-order valence-corrected chi connectivity index (χ3v) is 4.69. The number of hydrogen-bond donors (Lipinski definition) is 1. The lowest BCUT2D eigenvalue weighted by atomic mass is 10.0. The molecule has 1 atom stereocenters. The lowest BCUT2D eigenvalue weighted by Crippen LogP contribution is -2.27. The molecule has 1 aromatic heterocycles. The molecule has 0 aliphatic carbocycles. The Morgan fingerprint density at radius 2 is 1.71 bits per heavy atom. The minimum atomic E-state index is 0.00964. The molecule has 5 heteroatoms. The summed E-state index contributed by atoms with van der Waals surface area (Å²) in [6.07, 6.45) is 3.08. The Labute approximate surface area is 148 Å². The van der Waals surface area contributed by atoms with Crippen LogP contribution in [0.2, 0.25) is 0 Å². The van der Waals surface area contributed by atoms with E-state index in [0.29, 0.717) is 12.8 Å². The Hall–Kier alpha value is -1.88. The van der Waals surface area contributed by atoms with Gasteiger partial charge in [-0.05, 0) is 51.5 Å². The zero-order chi connectivity index (χ0) is 17.7. The summed E-state index contributed by atoms with van der Waals surface area (Å²) >= 11 is 1.54. The van der Waals surface area contributed by atoms with E-state index in [1.807, 2.05) is 27.0 Å². The second-order valence-electron chi connectivity index (χ2n) is 6.06. The summed E-state index contributed by atoms with van der Waals surface area (Å²) in [4.78, 5) is 21.2. The second kappa shape index (κ2) is 8.29. The summed E-state index contributed by atoms with van der Waals surface area (Å²) in [5, 5.41) is 3.85. The predicted octanol–water partition coefficient (Wildman–Crippen LogP) is 3.93. The van der Waals surface area contributed by atoms with E-state index in [9.17, 15) is 4.79 Å². The molecule has 2 rings (SSSR count). The van der Waals surface area contributed by atoms with E-state index < -0.39 is 0 Å². The van der Waals surface area contributed by atoms with Crippen molar-refractivity contribution in [3.63, 3.8) is 0 Å². The van der Waals surface area contributed by atoms with Gasteiger partial charge in [-0.3, -0.25) is 4.79 Å². The maximum absolute atomic E-state index is 12.3. The van der Waals surface area contributed by atoms with Crippen molar-refractivity contribution in [3.8, 4) is 0 Å². The number of carbonyl (C=O) groups excluding carboxylic acids is 1. The zero-order valence-corrected chi connectivity index (χ0v) is 15.8. The van der Waals surface area contributed by atoms with Crippen molar-refractivity contribution in [2.24, 2.45) is 0 Å². The van der Waals surface area contributed by atoms with Crippen LogP contribution in [-0.4, -0.2) is 22.1 Å². The first-order valence-corrected chi connectivity index (χ1v) is 9.37. The molecule has 0 fully saturated rings. The maximum Gasteiger partial charge on any atom is 0.220 e. The van der Waals surface area contributed by atoms with E-state index in [1.54, 1.807) is 0 Å². The molecule has 1 heterocycles. The molecule has 0 aliphatic rings. The SMILES string of the molecule is CSc1nc(C)c(CCC(=O)NC(C)c2ccc(C)cc2)c(C)n1. The third kappa shape index (κ3) is 4.81. The Morgan fingerprint density at radius 3 is 2.25 bits per heavy atom. The number of aryl methyl sites for hydroxylation is 3. The molecule has 0 spiro atoms. The molecule has 0 bridgehead atoms. The van der Waals surface area contributed by atoms with Gasteiger partial charge in [0.15, 0.2) is 5.16 Å². The molecule has 0 aliphatic heterocycles. The molecule has 0 saturated heterocycles. The van der Waals surface area contributed by atoms with Gasteiger partial charge in [-0.1, -0.05) is 41.6 Å². The van der Waals surface area contributed by atoms with E-state index in [2.05, 4.69) is 46.5 Å². The van der Waals surface area contributed by atoms with E-state index in [1.165, 1.54) is 17.3 Å². The quantitative estimate of drug-likeness (QED) is 0.638. The molecule has 1 N–H and O–H groups in total. The standard InChI is InChI=1S/C19H25N3OS/c1-12-6-8-16(9-7-12)13(2)20-18(23)11-10-17-14(3)21-19(24-5)22-15(17)4/h6-9,13H,10-11H2,1-5H3,(H,20,23). The summed E-state index contributed by atoms with van der Waals surface area (Å²) in [6, 6.07) is 8.26. The van der Waals surface area contributed by atoms with Crippen LogP contribution in [0.25, 0.3) is 0 Å². The van der Waals surface area contributed by atoms with E-state index in [4.69, 9.17) is 0 Å². The van der Waals surface area contributed by atoms with Crippen LogP contribution in [0, 0.1) is 20.8 Å². The van der Waals surface area contributed by atoms with Gasteiger partial charge in [-0.15, -0.1) is 0 Å². The molecule has 128 valence electrons. The summed E-state index contributed by atoms with van der Waals surface area (Å²) in [6.45, 7) is 8.03. The summed E-state index contributed by atoms with van der Waals surface area (Å²) < 4.78 is 0. The number of nitrogens with zero attached hydrogens (tertiary/aromatic N) is 2. The van der Waals surface area contributed by atoms with Crippen molar-refractivity contribution < 1.29 is 4.79 Å². The summed E-state index contributed by atoms with van der Waals surface area (Å²) in [5.74, 6) is 0.0517. The van der Waals surface area contributed by atoms with Gasteiger partial charge in [-0.25, -0.2) is 9.97 Å². The summed E-state index contributed by atoms with van der Waals surface area (Å²) in [7, 11) is 0. The normalized spacial score (nSPS) is 12.0. The largest absolute Gasteiger partial charge is 0.350 e. The average Bonchev–Trinajstić information content (AvgIpc) is 2.54. The lowest BCUT2D eigenvalue weighted by Gasteiger charge is -2.15. The monoisotopic (exact) mass is 343 g/mol. The minimum Gasteiger partial charge on any atom is -0.350 e. The molecule has 2 aromatic rings. The minimum absolute atomic E-state index is 0.00964. The summed E-state index contributed by atoms with van der Waals surface area (Å²) in [5.41, 5.74) is 5.34. The molecule has 4 nitrogen and oxygen atoms in total. The molecular formula is C19H25N3OS. The fourth-order valence-electron chi connectivity index (χ4n) is 2.65. The number of nitrogens with one attached hydrogen (secondary N) is 1. The van der Waals surface area contributed by atoms with Crippen LogP contribution in [0.5, 0.6) is 0 Å². The molecule has 0 radical (unpaired) electrons. The van der Waals surface area contributed by atoms with Gasteiger partial charge in [0.25, 0.3) is 0 Å². The van der Waals surface area contributed by atoms with Crippen LogP contribution >= 0.6 is 11.8 Å². The zero-order valence-electron chi connectivity index (χ0n) is 15.0. The van der Waals surface area contributed by atoms with E-state index in [0.717, 1.165) is 27.7 Å². The average molecular weight is 343 g/mol. The Balaban J connectivity index is 1.95. The Morgan fingerprint density at radius 1 is 1.12 bits per heavy atom. The lowest BCUT2D eigenvalue weighted by molar-refractivity contribution is -0.121. The van der Waals surface area contributed by atoms with Crippen LogP contribution in [0.4, 0.5) is 0 Å². The highest BCUT2D eigenvalue weighted by molar-refractivity contribution is 7.98. The molecule has 1 aromatic carbocycles. The fraction of sp³-hybridized carbons (Fsp3) is 0.421. The van der Waals surface area contributed by atoms with E-state index in [-0.39, 0.29) is 11.9 Å². The van der Waals surface area contributed by atoms with Crippen molar-refractivity contribution >= 4 is 17.7 Å². The Kier molecular flexibility index (Phi) is 6.37. The van der Waals surface area contributed by atoms with Crippen molar-refractivity contribution in [3.05, 3.63) is 52.3 Å². The first kappa shape index (κ1) is 18.5. The number of benzene rings is 1. The van der Waals surface area contributed by atoms with Gasteiger partial charge in [0.05, 0.1) is 6.04 Å². The second-order valence-corrected chi connectivity index (χ2v) is 6.83. The van der Waals surface area contributed by atoms with Crippen molar-refractivity contribution in [1.82, 2.24) is 15.3 Å². The van der Waals surface area contributed by atoms with E-state index >= 15 is 0 Å². The molecule has 1 unspecified atom stereocenters. The number of aromatic nitrogens is 2. The first-order chi connectivity index (χ1) is 11.4. The molecule has 0 saturated carbocycles. The Bertz CT molecular complexity index is 690. The van der Waals surface area contributed by atoms with Crippen molar-refractivity contribution in [1.29, 1.82) is 0 Å². The highest BCUT2D eigenvalue weighted by Gasteiger charge is 2.13. The van der Waals surface area contributed by atoms with Crippen molar-refractivity contribution in [2.75, 3.05) is 6.26 Å². The smallest absolute Gasteiger partial charge is 0.220 e. The molecule has 1 amide bonds. The van der Waals surface area contributed by atoms with Gasteiger partial charge in [0, 0.05) is 17.8 Å². The highest BCUT2D eigenvalue weighted by atomic mass is 32.2. The number of amides is 1. The van der Waals surface area contributed by atoms with Crippen LogP contribution < -0.4 is 5.32 Å². The third-order valence-electron chi connectivity index (χ3n) is 4.14. The predicted molar refractivity (Wildman–Crippen MR) is 99.3 cm³/mol. The molecule has 24 heavy (non-hydrogen) atoms. The van der Waals surface area contributed by atoms with Gasteiger partial charge in [0.2, 0.25) is 5.91 Å². The maximum atomic E-state index is 12.3. The fourth-order valence-corrected chi connectivity index (χ4v) is 3.11. The highest BCUT2D eigenvalue weighted by Crippen LogP contribution is 2.18. The first-order valence-electron chi connectivity index (χ1n) is 8.14. The van der Waals surface area contributed by atoms with Gasteiger partial charge in [-0.2, -0.15) is 0 Å². The van der Waals surface area contributed by atoms with Gasteiger partial charge >= 0.3 is 0 Å². The van der Waals surface area contributed by atoms with Gasteiger partial charge < -0.3 is 5.32 Å². The number of rotatable bonds is 6. The van der Waals surface area contributed by atoms with Gasteiger partial charge in [0.1, 0.15) is 0 Å². The van der Waals surface area contributed by atoms with Crippen LogP contribution in [-0.2, 0) is 11.2 Å².